The van der Waals surface area contributed by atoms with Gasteiger partial charge < -0.3 is 4.57 Å². The topological polar surface area (TPSA) is 34.9 Å². The normalized spacial score (nSPS) is 10.4. The molecule has 2 heterocycles. The number of pyridine rings is 1. The summed E-state index contributed by atoms with van der Waals surface area (Å²) in [7, 11) is 0. The van der Waals surface area contributed by atoms with E-state index in [1.54, 1.807) is 12.1 Å². The van der Waals surface area contributed by atoms with Crippen molar-refractivity contribution < 1.29 is 9.18 Å². The van der Waals surface area contributed by atoms with Crippen molar-refractivity contribution in [3.8, 4) is 5.82 Å². The fourth-order valence-corrected chi connectivity index (χ4v) is 1.76. The standard InChI is InChI=1S/C12H11FN2O/c1-8-5-10(7-16)9(2)15(8)12-4-3-11(13)6-14-12/h3-7H,1-2H3. The molecule has 0 radical (unpaired) electrons. The Labute approximate surface area is 92.5 Å². The van der Waals surface area contributed by atoms with Gasteiger partial charge >= 0.3 is 0 Å². The number of halogens is 1. The summed E-state index contributed by atoms with van der Waals surface area (Å²) in [6.45, 7) is 3.72. The Morgan fingerprint density at radius 1 is 1.38 bits per heavy atom. The maximum absolute atomic E-state index is 12.7. The quantitative estimate of drug-likeness (QED) is 0.725. The molecule has 16 heavy (non-hydrogen) atoms. The van der Waals surface area contributed by atoms with Crippen molar-refractivity contribution >= 4 is 6.29 Å². The van der Waals surface area contributed by atoms with Crippen molar-refractivity contribution in [3.63, 3.8) is 0 Å². The number of carbonyl (C=O) groups excluding carboxylic acids is 1. The van der Waals surface area contributed by atoms with Crippen LogP contribution in [0.2, 0.25) is 0 Å². The second kappa shape index (κ2) is 3.89. The molecule has 0 atom stereocenters. The largest absolute Gasteiger partial charge is 0.302 e. The summed E-state index contributed by atoms with van der Waals surface area (Å²) in [5.41, 5.74) is 2.34. The average molecular weight is 218 g/mol. The van der Waals surface area contributed by atoms with Crippen molar-refractivity contribution in [1.29, 1.82) is 0 Å². The number of carbonyl (C=O) groups is 1. The van der Waals surface area contributed by atoms with E-state index >= 15 is 0 Å². The van der Waals surface area contributed by atoms with Crippen molar-refractivity contribution in [2.45, 2.75) is 13.8 Å². The molecule has 0 saturated heterocycles. The molecular formula is C12H11FN2O. The van der Waals surface area contributed by atoms with Crippen LogP contribution in [0.3, 0.4) is 0 Å². The fraction of sp³-hybridized carbons (Fsp3) is 0.167. The van der Waals surface area contributed by atoms with Crippen LogP contribution >= 0.6 is 0 Å². The summed E-state index contributed by atoms with van der Waals surface area (Å²) in [6.07, 6.45) is 1.97. The van der Waals surface area contributed by atoms with E-state index in [1.165, 1.54) is 6.07 Å². The molecule has 4 heteroatoms. The SMILES string of the molecule is Cc1cc(C=O)c(C)n1-c1ccc(F)cn1. The van der Waals surface area contributed by atoms with E-state index in [9.17, 15) is 9.18 Å². The first-order valence-electron chi connectivity index (χ1n) is 4.89. The number of rotatable bonds is 2. The van der Waals surface area contributed by atoms with E-state index < -0.39 is 0 Å². The van der Waals surface area contributed by atoms with Gasteiger partial charge in [0.15, 0.2) is 6.29 Å². The summed E-state index contributed by atoms with van der Waals surface area (Å²) in [5, 5.41) is 0. The number of hydrogen-bond acceptors (Lipinski definition) is 2. The van der Waals surface area contributed by atoms with Crippen LogP contribution in [0.1, 0.15) is 21.7 Å². The minimum atomic E-state index is -0.373. The fourth-order valence-electron chi connectivity index (χ4n) is 1.76. The zero-order chi connectivity index (χ0) is 11.7. The predicted octanol–water partition coefficient (Wildman–Crippen LogP) is 2.44. The Morgan fingerprint density at radius 2 is 2.12 bits per heavy atom. The van der Waals surface area contributed by atoms with Crippen LogP contribution in [0.4, 0.5) is 4.39 Å². The summed E-state index contributed by atoms with van der Waals surface area (Å²) in [6, 6.07) is 4.72. The second-order valence-corrected chi connectivity index (χ2v) is 3.61. The summed E-state index contributed by atoms with van der Waals surface area (Å²) in [5.74, 6) is 0.242. The van der Waals surface area contributed by atoms with Gasteiger partial charge in [-0.2, -0.15) is 0 Å². The van der Waals surface area contributed by atoms with E-state index in [0.29, 0.717) is 11.4 Å². The van der Waals surface area contributed by atoms with Gasteiger partial charge in [0.1, 0.15) is 11.6 Å². The molecule has 0 aliphatic heterocycles. The molecule has 0 fully saturated rings. The van der Waals surface area contributed by atoms with Crippen molar-refractivity contribution in [3.05, 3.63) is 47.2 Å². The van der Waals surface area contributed by atoms with Gasteiger partial charge in [-0.15, -0.1) is 0 Å². The van der Waals surface area contributed by atoms with Crippen LogP contribution in [0.25, 0.3) is 5.82 Å². The molecule has 0 amide bonds. The van der Waals surface area contributed by atoms with Gasteiger partial charge in [-0.1, -0.05) is 0 Å². The Bertz CT molecular complexity index is 529. The maximum atomic E-state index is 12.7. The van der Waals surface area contributed by atoms with Gasteiger partial charge in [0, 0.05) is 17.0 Å². The lowest BCUT2D eigenvalue weighted by Crippen LogP contribution is -2.02. The average Bonchev–Trinajstić information content (AvgIpc) is 2.56. The Kier molecular flexibility index (Phi) is 2.56. The second-order valence-electron chi connectivity index (χ2n) is 3.61. The first kappa shape index (κ1) is 10.5. The van der Waals surface area contributed by atoms with Crippen molar-refractivity contribution in [2.75, 3.05) is 0 Å². The third-order valence-corrected chi connectivity index (χ3v) is 2.54. The van der Waals surface area contributed by atoms with Gasteiger partial charge in [-0.05, 0) is 32.0 Å². The molecule has 2 rings (SSSR count). The highest BCUT2D eigenvalue weighted by Gasteiger charge is 2.10. The number of aryl methyl sites for hydroxylation is 1. The summed E-state index contributed by atoms with van der Waals surface area (Å²) >= 11 is 0. The maximum Gasteiger partial charge on any atom is 0.151 e. The number of hydrogen-bond donors (Lipinski definition) is 0. The van der Waals surface area contributed by atoms with Gasteiger partial charge in [-0.25, -0.2) is 9.37 Å². The number of aromatic nitrogens is 2. The Hall–Kier alpha value is -1.97. The van der Waals surface area contributed by atoms with E-state index in [4.69, 9.17) is 0 Å². The van der Waals surface area contributed by atoms with Crippen molar-refractivity contribution in [2.24, 2.45) is 0 Å². The molecule has 0 bridgehead atoms. The zero-order valence-corrected chi connectivity index (χ0v) is 9.07. The van der Waals surface area contributed by atoms with Crippen LogP contribution in [0.15, 0.2) is 24.4 Å². The zero-order valence-electron chi connectivity index (χ0n) is 9.07. The molecule has 0 N–H and O–H groups in total. The van der Waals surface area contributed by atoms with Crippen LogP contribution in [0, 0.1) is 19.7 Å². The van der Waals surface area contributed by atoms with E-state index in [-0.39, 0.29) is 5.82 Å². The minimum absolute atomic E-state index is 0.373. The molecule has 0 aromatic carbocycles. The summed E-state index contributed by atoms with van der Waals surface area (Å²) in [4.78, 5) is 14.8. The number of nitrogens with zero attached hydrogens (tertiary/aromatic N) is 2. The lowest BCUT2D eigenvalue weighted by Gasteiger charge is -2.07. The van der Waals surface area contributed by atoms with Crippen LogP contribution in [-0.4, -0.2) is 15.8 Å². The Balaban J connectivity index is 2.59. The number of aldehydes is 1. The molecule has 0 spiro atoms. The molecule has 3 nitrogen and oxygen atoms in total. The molecule has 82 valence electrons. The molecular weight excluding hydrogens is 207 g/mol. The predicted molar refractivity (Wildman–Crippen MR) is 58.4 cm³/mol. The van der Waals surface area contributed by atoms with Crippen LogP contribution in [-0.2, 0) is 0 Å². The highest BCUT2D eigenvalue weighted by Crippen LogP contribution is 2.17. The molecule has 0 unspecified atom stereocenters. The van der Waals surface area contributed by atoms with E-state index in [1.807, 2.05) is 18.4 Å². The third-order valence-electron chi connectivity index (χ3n) is 2.54. The van der Waals surface area contributed by atoms with Gasteiger partial charge in [-0.3, -0.25) is 4.79 Å². The third kappa shape index (κ3) is 1.62. The summed E-state index contributed by atoms with van der Waals surface area (Å²) < 4.78 is 14.6. The highest BCUT2D eigenvalue weighted by atomic mass is 19.1. The molecule has 0 aliphatic carbocycles. The minimum Gasteiger partial charge on any atom is -0.302 e. The lowest BCUT2D eigenvalue weighted by atomic mass is 10.3. The Morgan fingerprint density at radius 3 is 2.62 bits per heavy atom. The first-order valence-corrected chi connectivity index (χ1v) is 4.89. The van der Waals surface area contributed by atoms with Crippen molar-refractivity contribution in [1.82, 2.24) is 9.55 Å². The molecule has 2 aromatic rings. The smallest absolute Gasteiger partial charge is 0.151 e. The van der Waals surface area contributed by atoms with Crippen LogP contribution < -0.4 is 0 Å². The lowest BCUT2D eigenvalue weighted by molar-refractivity contribution is 0.112. The molecule has 0 aliphatic rings. The van der Waals surface area contributed by atoms with E-state index in [2.05, 4.69) is 4.98 Å². The van der Waals surface area contributed by atoms with Gasteiger partial charge in [0.25, 0.3) is 0 Å². The van der Waals surface area contributed by atoms with Crippen LogP contribution in [0.5, 0.6) is 0 Å². The van der Waals surface area contributed by atoms with E-state index in [0.717, 1.165) is 23.9 Å². The monoisotopic (exact) mass is 218 g/mol. The first-order chi connectivity index (χ1) is 7.63. The van der Waals surface area contributed by atoms with Gasteiger partial charge in [0.05, 0.1) is 6.20 Å². The highest BCUT2D eigenvalue weighted by molar-refractivity contribution is 5.77. The molecule has 2 aromatic heterocycles. The molecule has 0 saturated carbocycles. The van der Waals surface area contributed by atoms with Gasteiger partial charge in [0.2, 0.25) is 0 Å².